The average molecular weight is 312 g/mol. The highest BCUT2D eigenvalue weighted by molar-refractivity contribution is 5.85. The van der Waals surface area contributed by atoms with Gasteiger partial charge in [-0.15, -0.1) is 0 Å². The molecule has 3 nitrogen and oxygen atoms in total. The first-order valence-electron chi connectivity index (χ1n) is 9.26. The summed E-state index contributed by atoms with van der Waals surface area (Å²) in [5, 5.41) is 0. The summed E-state index contributed by atoms with van der Waals surface area (Å²) in [5.74, 6) is 0.411. The molecule has 0 fully saturated rings. The van der Waals surface area contributed by atoms with Crippen molar-refractivity contribution >= 4 is 11.9 Å². The molecule has 0 aromatic rings. The molecule has 0 aliphatic rings. The van der Waals surface area contributed by atoms with Crippen LogP contribution < -0.4 is 0 Å². The van der Waals surface area contributed by atoms with Gasteiger partial charge in [0.1, 0.15) is 0 Å². The van der Waals surface area contributed by atoms with Crippen molar-refractivity contribution in [2.45, 2.75) is 98.3 Å². The van der Waals surface area contributed by atoms with Gasteiger partial charge in [0.15, 0.2) is 0 Å². The van der Waals surface area contributed by atoms with E-state index in [4.69, 9.17) is 4.74 Å². The molecule has 0 saturated carbocycles. The van der Waals surface area contributed by atoms with E-state index in [0.717, 1.165) is 25.7 Å². The number of ether oxygens (including phenoxy) is 1. The maximum atomic E-state index is 11.7. The normalized spacial score (nSPS) is 13.6. The van der Waals surface area contributed by atoms with E-state index in [1.54, 1.807) is 0 Å². The molecule has 130 valence electrons. The van der Waals surface area contributed by atoms with Gasteiger partial charge in [0.05, 0.1) is 0 Å². The number of carbonyl (C=O) groups is 2. The SMILES string of the molecule is CCCCC(C)CCC(=O)OC(=O)CCC(CC)CCCC. The predicted molar refractivity (Wildman–Crippen MR) is 91.6 cm³/mol. The fraction of sp³-hybridized carbons (Fsp3) is 0.895. The first-order chi connectivity index (χ1) is 10.5. The molecule has 3 heteroatoms. The summed E-state index contributed by atoms with van der Waals surface area (Å²) in [6.45, 7) is 8.67. The molecule has 0 N–H and O–H groups in total. The second-order valence-electron chi connectivity index (χ2n) is 6.59. The van der Waals surface area contributed by atoms with E-state index in [2.05, 4.69) is 27.7 Å². The van der Waals surface area contributed by atoms with Gasteiger partial charge in [0, 0.05) is 12.8 Å². The summed E-state index contributed by atoms with van der Waals surface area (Å²) in [6, 6.07) is 0. The molecule has 0 spiro atoms. The van der Waals surface area contributed by atoms with Gasteiger partial charge in [-0.25, -0.2) is 0 Å². The highest BCUT2D eigenvalue weighted by Gasteiger charge is 2.14. The number of hydrogen-bond donors (Lipinski definition) is 0. The van der Waals surface area contributed by atoms with E-state index in [1.165, 1.54) is 32.1 Å². The summed E-state index contributed by atoms with van der Waals surface area (Å²) in [4.78, 5) is 23.4. The van der Waals surface area contributed by atoms with Crippen LogP contribution in [-0.2, 0) is 14.3 Å². The van der Waals surface area contributed by atoms with Crippen molar-refractivity contribution in [3.05, 3.63) is 0 Å². The van der Waals surface area contributed by atoms with Crippen molar-refractivity contribution in [3.8, 4) is 0 Å². The Morgan fingerprint density at radius 1 is 0.818 bits per heavy atom. The zero-order valence-corrected chi connectivity index (χ0v) is 15.2. The summed E-state index contributed by atoms with van der Waals surface area (Å²) < 4.78 is 4.93. The highest BCUT2D eigenvalue weighted by atomic mass is 16.6. The highest BCUT2D eigenvalue weighted by Crippen LogP contribution is 2.19. The third kappa shape index (κ3) is 11.8. The molecule has 0 saturated heterocycles. The molecule has 0 radical (unpaired) electrons. The number of carbonyl (C=O) groups excluding carboxylic acids is 2. The third-order valence-corrected chi connectivity index (χ3v) is 4.42. The maximum absolute atomic E-state index is 11.7. The Bertz CT molecular complexity index is 299. The van der Waals surface area contributed by atoms with Crippen LogP contribution in [0, 0.1) is 11.8 Å². The molecule has 0 aliphatic carbocycles. The monoisotopic (exact) mass is 312 g/mol. The van der Waals surface area contributed by atoms with Crippen LogP contribution in [0.1, 0.15) is 98.3 Å². The Morgan fingerprint density at radius 3 is 1.91 bits per heavy atom. The molecule has 0 aromatic heterocycles. The van der Waals surface area contributed by atoms with Gasteiger partial charge in [0.25, 0.3) is 0 Å². The van der Waals surface area contributed by atoms with E-state index in [1.807, 2.05) is 0 Å². The molecule has 0 amide bonds. The maximum Gasteiger partial charge on any atom is 0.313 e. The molecule has 0 bridgehead atoms. The lowest BCUT2D eigenvalue weighted by molar-refractivity contribution is -0.160. The van der Waals surface area contributed by atoms with Crippen LogP contribution in [0.4, 0.5) is 0 Å². The fourth-order valence-electron chi connectivity index (χ4n) is 2.66. The minimum atomic E-state index is -0.352. The van der Waals surface area contributed by atoms with Crippen LogP contribution in [0.5, 0.6) is 0 Å². The molecule has 0 aliphatic heterocycles. The lowest BCUT2D eigenvalue weighted by Gasteiger charge is -2.13. The van der Waals surface area contributed by atoms with E-state index < -0.39 is 0 Å². The van der Waals surface area contributed by atoms with Crippen molar-refractivity contribution < 1.29 is 14.3 Å². The van der Waals surface area contributed by atoms with E-state index in [-0.39, 0.29) is 11.9 Å². The largest absolute Gasteiger partial charge is 0.393 e. The second kappa shape index (κ2) is 13.8. The number of esters is 2. The zero-order valence-electron chi connectivity index (χ0n) is 15.2. The quantitative estimate of drug-likeness (QED) is 0.325. The van der Waals surface area contributed by atoms with Gasteiger partial charge >= 0.3 is 11.9 Å². The molecule has 0 heterocycles. The van der Waals surface area contributed by atoms with Crippen LogP contribution in [0.15, 0.2) is 0 Å². The van der Waals surface area contributed by atoms with Crippen molar-refractivity contribution in [2.24, 2.45) is 11.8 Å². The molecule has 2 atom stereocenters. The third-order valence-electron chi connectivity index (χ3n) is 4.42. The van der Waals surface area contributed by atoms with Gasteiger partial charge in [-0.1, -0.05) is 72.6 Å². The summed E-state index contributed by atoms with van der Waals surface area (Å²) in [6.07, 6.45) is 10.6. The van der Waals surface area contributed by atoms with Gasteiger partial charge in [-0.3, -0.25) is 9.59 Å². The van der Waals surface area contributed by atoms with Crippen LogP contribution >= 0.6 is 0 Å². The summed E-state index contributed by atoms with van der Waals surface area (Å²) in [7, 11) is 0. The minimum Gasteiger partial charge on any atom is -0.393 e. The van der Waals surface area contributed by atoms with Crippen LogP contribution in [-0.4, -0.2) is 11.9 Å². The van der Waals surface area contributed by atoms with Crippen molar-refractivity contribution in [1.29, 1.82) is 0 Å². The minimum absolute atomic E-state index is 0.346. The van der Waals surface area contributed by atoms with Gasteiger partial charge in [0.2, 0.25) is 0 Å². The number of rotatable bonds is 13. The lowest BCUT2D eigenvalue weighted by Crippen LogP contribution is -2.14. The van der Waals surface area contributed by atoms with Gasteiger partial charge in [-0.2, -0.15) is 0 Å². The molecule has 0 rings (SSSR count). The first-order valence-corrected chi connectivity index (χ1v) is 9.26. The topological polar surface area (TPSA) is 43.4 Å². The summed E-state index contributed by atoms with van der Waals surface area (Å²) >= 11 is 0. The van der Waals surface area contributed by atoms with Crippen LogP contribution in [0.25, 0.3) is 0 Å². The van der Waals surface area contributed by atoms with E-state index >= 15 is 0 Å². The Balaban J connectivity index is 3.83. The Kier molecular flexibility index (Phi) is 13.2. The Labute approximate surface area is 137 Å². The van der Waals surface area contributed by atoms with E-state index in [0.29, 0.717) is 24.7 Å². The van der Waals surface area contributed by atoms with E-state index in [9.17, 15) is 9.59 Å². The standard InChI is InChI=1S/C19H36O3/c1-5-8-10-16(4)12-14-18(20)22-19(21)15-13-17(7-3)11-9-6-2/h16-17H,5-15H2,1-4H3. The molecular weight excluding hydrogens is 276 g/mol. The van der Waals surface area contributed by atoms with Crippen LogP contribution in [0.2, 0.25) is 0 Å². The second-order valence-corrected chi connectivity index (χ2v) is 6.59. The molecule has 22 heavy (non-hydrogen) atoms. The first kappa shape index (κ1) is 21.1. The van der Waals surface area contributed by atoms with Crippen molar-refractivity contribution in [2.75, 3.05) is 0 Å². The van der Waals surface area contributed by atoms with Crippen molar-refractivity contribution in [1.82, 2.24) is 0 Å². The molecule has 2 unspecified atom stereocenters. The Hall–Kier alpha value is -0.860. The Morgan fingerprint density at radius 2 is 1.36 bits per heavy atom. The van der Waals surface area contributed by atoms with Gasteiger partial charge < -0.3 is 4.74 Å². The number of unbranched alkanes of at least 4 members (excludes halogenated alkanes) is 2. The number of hydrogen-bond acceptors (Lipinski definition) is 3. The summed E-state index contributed by atoms with van der Waals surface area (Å²) in [5.41, 5.74) is 0. The van der Waals surface area contributed by atoms with Crippen molar-refractivity contribution in [3.63, 3.8) is 0 Å². The lowest BCUT2D eigenvalue weighted by atomic mass is 9.94. The zero-order chi connectivity index (χ0) is 16.8. The predicted octanol–water partition coefficient (Wildman–Crippen LogP) is 5.66. The fourth-order valence-corrected chi connectivity index (χ4v) is 2.66. The van der Waals surface area contributed by atoms with Gasteiger partial charge in [-0.05, 0) is 24.7 Å². The smallest absolute Gasteiger partial charge is 0.313 e. The molecular formula is C19H36O3. The molecule has 0 aromatic carbocycles. The average Bonchev–Trinajstić information content (AvgIpc) is 2.51. The van der Waals surface area contributed by atoms with Crippen LogP contribution in [0.3, 0.4) is 0 Å².